The van der Waals surface area contributed by atoms with E-state index >= 15 is 0 Å². The largest absolute Gasteiger partial charge is 0.488 e. The van der Waals surface area contributed by atoms with Crippen molar-refractivity contribution in [3.8, 4) is 5.75 Å². The fourth-order valence-electron chi connectivity index (χ4n) is 5.48. The Labute approximate surface area is 157 Å². The molecule has 0 saturated heterocycles. The van der Waals surface area contributed by atoms with Gasteiger partial charge >= 0.3 is 5.97 Å². The highest BCUT2D eigenvalue weighted by Gasteiger charge is 2.60. The summed E-state index contributed by atoms with van der Waals surface area (Å²) in [6.07, 6.45) is 5.10. The van der Waals surface area contributed by atoms with Crippen molar-refractivity contribution in [2.45, 2.75) is 44.1 Å². The Balaban J connectivity index is 1.32. The van der Waals surface area contributed by atoms with Gasteiger partial charge in [0.1, 0.15) is 19.0 Å². The number of carbonyl (C=O) groups is 1. The number of ether oxygens (including phenoxy) is 2. The van der Waals surface area contributed by atoms with Crippen molar-refractivity contribution in [2.24, 2.45) is 17.3 Å². The van der Waals surface area contributed by atoms with Gasteiger partial charge in [0.25, 0.3) is 0 Å². The van der Waals surface area contributed by atoms with Crippen LogP contribution in [0.3, 0.4) is 0 Å². The molecular formula is C19H22Cl2O4. The average Bonchev–Trinajstić information content (AvgIpc) is 2.50. The molecule has 4 fully saturated rings. The zero-order valence-electron chi connectivity index (χ0n) is 14.0. The first-order chi connectivity index (χ1) is 11.9. The molecule has 0 radical (unpaired) electrons. The predicted molar refractivity (Wildman–Crippen MR) is 95.0 cm³/mol. The van der Waals surface area contributed by atoms with Crippen LogP contribution in [0.2, 0.25) is 10.0 Å². The van der Waals surface area contributed by atoms with Gasteiger partial charge in [0.2, 0.25) is 0 Å². The molecule has 0 aliphatic heterocycles. The molecule has 0 aromatic heterocycles. The summed E-state index contributed by atoms with van der Waals surface area (Å²) < 4.78 is 11.1. The summed E-state index contributed by atoms with van der Waals surface area (Å²) in [6.45, 7) is 0.410. The molecule has 4 aliphatic carbocycles. The Morgan fingerprint density at radius 3 is 2.52 bits per heavy atom. The van der Waals surface area contributed by atoms with Gasteiger partial charge in [-0.2, -0.15) is 0 Å². The minimum absolute atomic E-state index is 0.174. The van der Waals surface area contributed by atoms with Gasteiger partial charge < -0.3 is 14.6 Å². The van der Waals surface area contributed by atoms with E-state index in [0.29, 0.717) is 34.1 Å². The second-order valence-corrected chi connectivity index (χ2v) is 8.87. The zero-order valence-corrected chi connectivity index (χ0v) is 15.5. The van der Waals surface area contributed by atoms with E-state index in [0.717, 1.165) is 32.1 Å². The van der Waals surface area contributed by atoms with E-state index in [1.165, 1.54) is 0 Å². The molecular weight excluding hydrogens is 363 g/mol. The Kier molecular flexibility index (Phi) is 4.41. The molecule has 0 heterocycles. The molecule has 25 heavy (non-hydrogen) atoms. The van der Waals surface area contributed by atoms with Gasteiger partial charge in [0, 0.05) is 5.02 Å². The van der Waals surface area contributed by atoms with Gasteiger partial charge in [-0.05, 0) is 68.6 Å². The van der Waals surface area contributed by atoms with E-state index in [-0.39, 0.29) is 19.2 Å². The number of halogens is 2. The maximum absolute atomic E-state index is 12.7. The number of benzene rings is 1. The molecule has 4 saturated carbocycles. The lowest BCUT2D eigenvalue weighted by molar-refractivity contribution is -0.196. The van der Waals surface area contributed by atoms with Gasteiger partial charge in [0.05, 0.1) is 16.0 Å². The Morgan fingerprint density at radius 2 is 1.88 bits per heavy atom. The first kappa shape index (κ1) is 17.4. The number of carbonyl (C=O) groups excluding carboxylic acids is 1. The molecule has 4 aliphatic rings. The molecule has 0 amide bonds. The Bertz CT molecular complexity index is 676. The standard InChI is InChI=1S/C19H22Cl2O4/c20-14-1-2-16(15(21)6-14)24-3-4-25-17(22)18-7-12-5-13(8-18)10-19(23,9-12)11-18/h1-2,6,12-13,23H,3-5,7-11H2/t12-,13+,18?,19?. The smallest absolute Gasteiger partial charge is 0.312 e. The number of esters is 1. The summed E-state index contributed by atoms with van der Waals surface area (Å²) in [6, 6.07) is 5.01. The van der Waals surface area contributed by atoms with Crippen LogP contribution in [0, 0.1) is 17.3 Å². The van der Waals surface area contributed by atoms with Gasteiger partial charge in [-0.25, -0.2) is 0 Å². The summed E-state index contributed by atoms with van der Waals surface area (Å²) in [4.78, 5) is 12.7. The van der Waals surface area contributed by atoms with Crippen LogP contribution in [0.15, 0.2) is 18.2 Å². The van der Waals surface area contributed by atoms with Crippen LogP contribution in [0.1, 0.15) is 38.5 Å². The zero-order chi connectivity index (χ0) is 17.7. The maximum Gasteiger partial charge on any atom is 0.312 e. The molecule has 1 aromatic carbocycles. The van der Waals surface area contributed by atoms with Crippen LogP contribution in [0.5, 0.6) is 5.75 Å². The Hall–Kier alpha value is -0.970. The van der Waals surface area contributed by atoms with E-state index in [9.17, 15) is 9.90 Å². The van der Waals surface area contributed by atoms with Crippen LogP contribution < -0.4 is 4.74 Å². The van der Waals surface area contributed by atoms with Crippen LogP contribution in [0.25, 0.3) is 0 Å². The predicted octanol–water partition coefficient (Wildman–Crippen LogP) is 4.25. The van der Waals surface area contributed by atoms with Crippen molar-refractivity contribution >= 4 is 29.2 Å². The highest BCUT2D eigenvalue weighted by molar-refractivity contribution is 6.35. The summed E-state index contributed by atoms with van der Waals surface area (Å²) in [5.41, 5.74) is -1.15. The van der Waals surface area contributed by atoms with Crippen molar-refractivity contribution in [3.63, 3.8) is 0 Å². The van der Waals surface area contributed by atoms with Crippen molar-refractivity contribution in [3.05, 3.63) is 28.2 Å². The summed E-state index contributed by atoms with van der Waals surface area (Å²) in [5, 5.41) is 11.7. The molecule has 4 atom stereocenters. The Morgan fingerprint density at radius 1 is 1.16 bits per heavy atom. The van der Waals surface area contributed by atoms with Crippen molar-refractivity contribution in [1.82, 2.24) is 0 Å². The third-order valence-corrected chi connectivity index (χ3v) is 6.46. The van der Waals surface area contributed by atoms with Gasteiger partial charge in [-0.3, -0.25) is 4.79 Å². The molecule has 0 spiro atoms. The van der Waals surface area contributed by atoms with E-state index in [4.69, 9.17) is 32.7 Å². The SMILES string of the molecule is O=C(OCCOc1ccc(Cl)cc1Cl)C12C[C@@H]3C[C@@H](CC(O)(C3)C1)C2. The van der Waals surface area contributed by atoms with Crippen LogP contribution in [-0.2, 0) is 9.53 Å². The first-order valence-corrected chi connectivity index (χ1v) is 9.61. The molecule has 1 N–H and O–H groups in total. The van der Waals surface area contributed by atoms with E-state index in [2.05, 4.69) is 0 Å². The number of rotatable bonds is 5. The van der Waals surface area contributed by atoms with Crippen LogP contribution >= 0.6 is 23.2 Å². The third kappa shape index (κ3) is 3.36. The topological polar surface area (TPSA) is 55.8 Å². The normalized spacial score (nSPS) is 35.6. The van der Waals surface area contributed by atoms with Gasteiger partial charge in [-0.1, -0.05) is 23.2 Å². The quantitative estimate of drug-likeness (QED) is 0.608. The minimum Gasteiger partial charge on any atom is -0.488 e. The number of hydrogen-bond donors (Lipinski definition) is 1. The second kappa shape index (κ2) is 6.33. The lowest BCUT2D eigenvalue weighted by atomic mass is 9.48. The van der Waals surface area contributed by atoms with Crippen molar-refractivity contribution in [2.75, 3.05) is 13.2 Å². The number of aliphatic hydroxyl groups is 1. The molecule has 6 heteroatoms. The molecule has 4 bridgehead atoms. The second-order valence-electron chi connectivity index (χ2n) is 8.02. The van der Waals surface area contributed by atoms with Crippen LogP contribution in [0.4, 0.5) is 0 Å². The van der Waals surface area contributed by atoms with E-state index in [1.807, 2.05) is 0 Å². The fourth-order valence-corrected chi connectivity index (χ4v) is 5.95. The number of hydrogen-bond acceptors (Lipinski definition) is 4. The lowest BCUT2D eigenvalue weighted by Gasteiger charge is -2.58. The maximum atomic E-state index is 12.7. The summed E-state index contributed by atoms with van der Waals surface area (Å²) in [7, 11) is 0. The highest BCUT2D eigenvalue weighted by atomic mass is 35.5. The summed E-state index contributed by atoms with van der Waals surface area (Å²) in [5.74, 6) is 1.27. The summed E-state index contributed by atoms with van der Waals surface area (Å²) >= 11 is 11.9. The van der Waals surface area contributed by atoms with E-state index < -0.39 is 11.0 Å². The first-order valence-electron chi connectivity index (χ1n) is 8.85. The molecule has 5 rings (SSSR count). The molecule has 1 aromatic rings. The fraction of sp³-hybridized carbons (Fsp3) is 0.632. The molecule has 2 unspecified atom stereocenters. The molecule has 136 valence electrons. The van der Waals surface area contributed by atoms with Crippen LogP contribution in [-0.4, -0.2) is 29.9 Å². The van der Waals surface area contributed by atoms with Crippen molar-refractivity contribution < 1.29 is 19.4 Å². The van der Waals surface area contributed by atoms with Crippen molar-refractivity contribution in [1.29, 1.82) is 0 Å². The average molecular weight is 385 g/mol. The minimum atomic E-state index is -0.656. The van der Waals surface area contributed by atoms with Gasteiger partial charge in [0.15, 0.2) is 0 Å². The third-order valence-electron chi connectivity index (χ3n) is 5.93. The molecule has 4 nitrogen and oxygen atoms in total. The monoisotopic (exact) mass is 384 g/mol. The lowest BCUT2D eigenvalue weighted by Crippen LogP contribution is -2.58. The highest BCUT2D eigenvalue weighted by Crippen LogP contribution is 2.61. The van der Waals surface area contributed by atoms with Gasteiger partial charge in [-0.15, -0.1) is 0 Å². The van der Waals surface area contributed by atoms with E-state index in [1.54, 1.807) is 18.2 Å².